The molecule has 0 fully saturated rings. The zero-order valence-electron chi connectivity index (χ0n) is 13.5. The SMILES string of the molecule is CC1=C(C)C([SiH3])[C]([Ru][C]2=C(C)C(C)=C(C)C2[SiH3])=C1C. The minimum absolute atomic E-state index is 0.302. The van der Waals surface area contributed by atoms with E-state index in [0.29, 0.717) is 17.1 Å². The molecular weight excluding hydrogens is 349 g/mol. The average Bonchev–Trinajstić information content (AvgIpc) is 2.68. The van der Waals surface area contributed by atoms with Gasteiger partial charge in [0, 0.05) is 0 Å². The van der Waals surface area contributed by atoms with Gasteiger partial charge in [0.2, 0.25) is 0 Å². The fourth-order valence-electron chi connectivity index (χ4n) is 3.00. The Bertz CT molecular complexity index is 511. The van der Waals surface area contributed by atoms with Crippen LogP contribution >= 0.6 is 0 Å². The molecule has 0 aromatic heterocycles. The van der Waals surface area contributed by atoms with Crippen molar-refractivity contribution in [2.45, 2.75) is 52.6 Å². The fourth-order valence-corrected chi connectivity index (χ4v) is 9.25. The first-order valence-corrected chi connectivity index (χ1v) is 11.2. The van der Waals surface area contributed by atoms with Gasteiger partial charge in [0.1, 0.15) is 0 Å². The van der Waals surface area contributed by atoms with E-state index >= 15 is 0 Å². The van der Waals surface area contributed by atoms with Gasteiger partial charge in [-0.2, -0.15) is 0 Å². The van der Waals surface area contributed by atoms with Crippen LogP contribution in [0.2, 0.25) is 11.1 Å². The van der Waals surface area contributed by atoms with E-state index in [1.165, 1.54) is 20.5 Å². The topological polar surface area (TPSA) is 0 Å². The molecule has 0 N–H and O–H groups in total. The Morgan fingerprint density at radius 3 is 1.16 bits per heavy atom. The number of hydrogen-bond acceptors (Lipinski definition) is 0. The molecule has 0 aliphatic heterocycles. The molecule has 0 nitrogen and oxygen atoms in total. The molecule has 0 heterocycles. The van der Waals surface area contributed by atoms with Gasteiger partial charge < -0.3 is 0 Å². The zero-order chi connectivity index (χ0) is 14.5. The van der Waals surface area contributed by atoms with Crippen LogP contribution in [0.3, 0.4) is 0 Å². The Kier molecular flexibility index (Phi) is 4.40. The summed E-state index contributed by atoms with van der Waals surface area (Å²) in [5.41, 5.74) is 11.4. The van der Waals surface area contributed by atoms with Crippen LogP contribution in [0.15, 0.2) is 41.8 Å². The zero-order valence-corrected chi connectivity index (χ0v) is 19.2. The minimum atomic E-state index is 0.302. The van der Waals surface area contributed by atoms with Crippen molar-refractivity contribution in [2.24, 2.45) is 0 Å². The molecular formula is C16H26RuSi2. The molecule has 0 spiro atoms. The summed E-state index contributed by atoms with van der Waals surface area (Å²) in [4.78, 5) is 0. The summed E-state index contributed by atoms with van der Waals surface area (Å²) in [6.45, 7) is 14.1. The summed E-state index contributed by atoms with van der Waals surface area (Å²) < 4.78 is 3.65. The number of hydrogen-bond donors (Lipinski definition) is 0. The Morgan fingerprint density at radius 1 is 0.632 bits per heavy atom. The second-order valence-electron chi connectivity index (χ2n) is 6.07. The van der Waals surface area contributed by atoms with Gasteiger partial charge in [-0.25, -0.2) is 0 Å². The van der Waals surface area contributed by atoms with Crippen molar-refractivity contribution >= 4 is 20.5 Å². The average molecular weight is 376 g/mol. The number of rotatable bonds is 2. The molecule has 0 radical (unpaired) electrons. The number of allylic oxidation sites excluding steroid dienone is 8. The van der Waals surface area contributed by atoms with Crippen LogP contribution in [0.4, 0.5) is 0 Å². The second-order valence-corrected chi connectivity index (χ2v) is 10.7. The van der Waals surface area contributed by atoms with Gasteiger partial charge in [-0.1, -0.05) is 0 Å². The molecule has 106 valence electrons. The Balaban J connectivity index is 2.32. The van der Waals surface area contributed by atoms with Crippen LogP contribution in [0.25, 0.3) is 0 Å². The second kappa shape index (κ2) is 5.42. The van der Waals surface area contributed by atoms with Crippen LogP contribution in [-0.4, -0.2) is 20.5 Å². The predicted octanol–water partition coefficient (Wildman–Crippen LogP) is 2.62. The van der Waals surface area contributed by atoms with Gasteiger partial charge >= 0.3 is 132 Å². The molecule has 0 bridgehead atoms. The van der Waals surface area contributed by atoms with Gasteiger partial charge in [-0.15, -0.1) is 0 Å². The Morgan fingerprint density at radius 2 is 0.947 bits per heavy atom. The summed E-state index contributed by atoms with van der Waals surface area (Å²) in [6, 6.07) is 0. The van der Waals surface area contributed by atoms with E-state index in [0.717, 1.165) is 11.1 Å². The molecule has 0 amide bonds. The summed E-state index contributed by atoms with van der Waals surface area (Å²) in [6.07, 6.45) is 0. The van der Waals surface area contributed by atoms with Crippen molar-refractivity contribution in [1.82, 2.24) is 0 Å². The van der Waals surface area contributed by atoms with Gasteiger partial charge in [-0.05, 0) is 0 Å². The normalized spacial score (nSPS) is 28.9. The first-order chi connectivity index (χ1) is 8.77. The maximum absolute atomic E-state index is 2.36. The molecule has 19 heavy (non-hydrogen) atoms. The van der Waals surface area contributed by atoms with Gasteiger partial charge in [-0.3, -0.25) is 0 Å². The molecule has 2 aliphatic carbocycles. The molecule has 0 saturated heterocycles. The summed E-state index contributed by atoms with van der Waals surface area (Å²) >= 11 is 0.302. The maximum atomic E-state index is 2.36. The first-order valence-electron chi connectivity index (χ1n) is 7.16. The van der Waals surface area contributed by atoms with Gasteiger partial charge in [0.05, 0.1) is 0 Å². The van der Waals surface area contributed by atoms with Crippen LogP contribution in [0.1, 0.15) is 41.5 Å². The Labute approximate surface area is 132 Å². The molecule has 0 saturated carbocycles. The van der Waals surface area contributed by atoms with Crippen molar-refractivity contribution in [3.05, 3.63) is 41.8 Å². The molecule has 0 aromatic rings. The van der Waals surface area contributed by atoms with E-state index in [1.54, 1.807) is 33.4 Å². The summed E-state index contributed by atoms with van der Waals surface area (Å²) in [5.74, 6) is 0. The van der Waals surface area contributed by atoms with E-state index in [2.05, 4.69) is 41.5 Å². The van der Waals surface area contributed by atoms with E-state index in [1.807, 2.05) is 8.33 Å². The van der Waals surface area contributed by atoms with Crippen molar-refractivity contribution in [2.75, 3.05) is 0 Å². The van der Waals surface area contributed by atoms with Gasteiger partial charge in [0.15, 0.2) is 0 Å². The molecule has 0 aromatic carbocycles. The van der Waals surface area contributed by atoms with E-state index in [4.69, 9.17) is 0 Å². The van der Waals surface area contributed by atoms with E-state index < -0.39 is 0 Å². The molecule has 3 heteroatoms. The summed E-state index contributed by atoms with van der Waals surface area (Å²) in [5, 5.41) is 0. The van der Waals surface area contributed by atoms with Crippen molar-refractivity contribution in [3.8, 4) is 0 Å². The molecule has 2 aliphatic rings. The monoisotopic (exact) mass is 376 g/mol. The first kappa shape index (κ1) is 15.4. The third-order valence-electron chi connectivity index (χ3n) is 5.23. The van der Waals surface area contributed by atoms with Crippen molar-refractivity contribution in [3.63, 3.8) is 0 Å². The van der Waals surface area contributed by atoms with Crippen LogP contribution in [0.5, 0.6) is 0 Å². The Hall–Kier alpha value is 0.0171. The summed E-state index contributed by atoms with van der Waals surface area (Å²) in [7, 11) is 2.57. The van der Waals surface area contributed by atoms with Crippen LogP contribution in [-0.2, 0) is 17.1 Å². The fraction of sp³-hybridized carbons (Fsp3) is 0.500. The molecule has 2 atom stereocenters. The van der Waals surface area contributed by atoms with Crippen LogP contribution < -0.4 is 0 Å². The third kappa shape index (κ3) is 2.39. The van der Waals surface area contributed by atoms with E-state index in [-0.39, 0.29) is 0 Å². The van der Waals surface area contributed by atoms with Crippen molar-refractivity contribution < 1.29 is 17.1 Å². The predicted molar refractivity (Wildman–Crippen MR) is 89.5 cm³/mol. The standard InChI is InChI=1S/2C8H13Si.Ru/c2*1-5-4-8(9)7(3)6(5)2;/h2*8H,1-3,9H3;. The van der Waals surface area contributed by atoms with Crippen molar-refractivity contribution in [1.29, 1.82) is 0 Å². The van der Waals surface area contributed by atoms with Gasteiger partial charge in [0.25, 0.3) is 0 Å². The molecule has 2 unspecified atom stereocenters. The third-order valence-corrected chi connectivity index (χ3v) is 13.7. The quantitative estimate of drug-likeness (QED) is 0.651. The molecule has 2 rings (SSSR count). The van der Waals surface area contributed by atoms with E-state index in [9.17, 15) is 0 Å². The van der Waals surface area contributed by atoms with Crippen LogP contribution in [0, 0.1) is 0 Å².